The normalized spacial score (nSPS) is 14.2. The molecule has 0 fully saturated rings. The number of unbranched alkanes of at least 4 members (excludes halogenated alkanes) is 50. The molecular formula is C82H160O17P2. The molecule has 17 nitrogen and oxygen atoms in total. The van der Waals surface area contributed by atoms with E-state index in [1.54, 1.807) is 0 Å². The summed E-state index contributed by atoms with van der Waals surface area (Å²) in [5, 5.41) is 10.7. The second-order valence-electron chi connectivity index (χ2n) is 30.2. The molecule has 0 heterocycles. The number of phosphoric ester groups is 2. The SMILES string of the molecule is CCCCCCCCCCCCCCCCCCC(=O)OC[C@H](COP(=O)(O)OC[C@@H](O)COP(=O)(O)OC[C@@H](COC(=O)CCCCCCCCCCCCCCC)OC(=O)CCCCCCCCCCCCCC(C)C)OC(=O)CCCCCCCCCCCCCCCCC(C)CC. The smallest absolute Gasteiger partial charge is 0.462 e. The van der Waals surface area contributed by atoms with E-state index in [-0.39, 0.29) is 25.7 Å². The number of hydrogen-bond donors (Lipinski definition) is 3. The summed E-state index contributed by atoms with van der Waals surface area (Å²) in [5.41, 5.74) is 0. The van der Waals surface area contributed by atoms with Crippen LogP contribution < -0.4 is 0 Å². The lowest BCUT2D eigenvalue weighted by Crippen LogP contribution is -2.30. The van der Waals surface area contributed by atoms with Gasteiger partial charge in [-0.1, -0.05) is 382 Å². The summed E-state index contributed by atoms with van der Waals surface area (Å²) in [6.45, 7) is 9.71. The topological polar surface area (TPSA) is 237 Å². The molecule has 0 amide bonds. The van der Waals surface area contributed by atoms with Crippen molar-refractivity contribution >= 4 is 39.5 Å². The van der Waals surface area contributed by atoms with E-state index in [0.29, 0.717) is 25.7 Å². The fourth-order valence-corrected chi connectivity index (χ4v) is 14.3. The van der Waals surface area contributed by atoms with E-state index < -0.39 is 97.5 Å². The zero-order chi connectivity index (χ0) is 74.2. The quantitative estimate of drug-likeness (QED) is 0.0222. The summed E-state index contributed by atoms with van der Waals surface area (Å²) in [4.78, 5) is 73.1. The van der Waals surface area contributed by atoms with E-state index in [1.807, 2.05) is 0 Å². The predicted molar refractivity (Wildman–Crippen MR) is 414 cm³/mol. The van der Waals surface area contributed by atoms with Crippen molar-refractivity contribution in [1.29, 1.82) is 0 Å². The monoisotopic (exact) mass is 1480 g/mol. The standard InChI is InChI=1S/C82H160O17P2/c1-7-10-12-14-16-18-20-22-23-24-29-35-41-47-53-59-65-80(85)93-70-77(98-81(86)66-60-54-48-42-36-30-26-25-28-33-39-45-51-57-63-75(6)9-3)72-96-100(88,89)94-68-76(83)69-95-101(90,91)97-73-78(71-92-79(84)64-58-52-46-40-34-27-21-19-17-15-13-11-8-2)99-82(87)67-61-55-49-43-37-31-32-38-44-50-56-62-74(4)5/h74-78,83H,7-73H2,1-6H3,(H,88,89)(H,90,91)/t75?,76-,77-,78-/m1/s1. The molecule has 0 aromatic heterocycles. The van der Waals surface area contributed by atoms with E-state index in [9.17, 15) is 43.2 Å². The van der Waals surface area contributed by atoms with Crippen LogP contribution in [0.3, 0.4) is 0 Å². The second kappa shape index (κ2) is 73.6. The highest BCUT2D eigenvalue weighted by Crippen LogP contribution is 2.45. The molecule has 0 radical (unpaired) electrons. The van der Waals surface area contributed by atoms with Crippen molar-refractivity contribution in [2.45, 2.75) is 452 Å². The minimum Gasteiger partial charge on any atom is -0.462 e. The Labute approximate surface area is 619 Å². The summed E-state index contributed by atoms with van der Waals surface area (Å²) >= 11 is 0. The van der Waals surface area contributed by atoms with Crippen LogP contribution in [-0.2, 0) is 65.4 Å². The molecule has 600 valence electrons. The zero-order valence-electron chi connectivity index (χ0n) is 66.2. The summed E-state index contributed by atoms with van der Waals surface area (Å²) in [5.74, 6) is -0.493. The third kappa shape index (κ3) is 74.7. The van der Waals surface area contributed by atoms with Crippen molar-refractivity contribution in [1.82, 2.24) is 0 Å². The number of aliphatic hydroxyl groups excluding tert-OH is 1. The largest absolute Gasteiger partial charge is 0.472 e. The molecule has 0 saturated carbocycles. The number of esters is 4. The van der Waals surface area contributed by atoms with Crippen LogP contribution >= 0.6 is 15.6 Å². The summed E-state index contributed by atoms with van der Waals surface area (Å²) in [6.07, 6.45) is 63.6. The maximum atomic E-state index is 13.1. The van der Waals surface area contributed by atoms with Crippen molar-refractivity contribution in [2.75, 3.05) is 39.6 Å². The minimum absolute atomic E-state index is 0.107. The average Bonchev–Trinajstić information content (AvgIpc) is 0.946. The summed E-state index contributed by atoms with van der Waals surface area (Å²) in [7, 11) is -9.92. The Hall–Kier alpha value is -1.94. The fraction of sp³-hybridized carbons (Fsp3) is 0.951. The van der Waals surface area contributed by atoms with Gasteiger partial charge >= 0.3 is 39.5 Å². The van der Waals surface area contributed by atoms with Gasteiger partial charge in [0.25, 0.3) is 0 Å². The summed E-state index contributed by atoms with van der Waals surface area (Å²) < 4.78 is 68.8. The molecular weight excluding hydrogens is 1320 g/mol. The molecule has 0 saturated heterocycles. The highest BCUT2D eigenvalue weighted by atomic mass is 31.2. The number of aliphatic hydroxyl groups is 1. The van der Waals surface area contributed by atoms with Crippen LogP contribution in [0, 0.1) is 11.8 Å². The van der Waals surface area contributed by atoms with E-state index in [2.05, 4.69) is 41.5 Å². The highest BCUT2D eigenvalue weighted by Gasteiger charge is 2.30. The number of hydrogen-bond acceptors (Lipinski definition) is 15. The number of ether oxygens (including phenoxy) is 4. The van der Waals surface area contributed by atoms with E-state index >= 15 is 0 Å². The van der Waals surface area contributed by atoms with E-state index in [1.165, 1.54) is 250 Å². The van der Waals surface area contributed by atoms with Gasteiger partial charge in [-0.2, -0.15) is 0 Å². The number of rotatable bonds is 81. The van der Waals surface area contributed by atoms with Crippen LogP contribution in [0.15, 0.2) is 0 Å². The molecule has 0 rings (SSSR count). The third-order valence-electron chi connectivity index (χ3n) is 19.6. The van der Waals surface area contributed by atoms with Crippen molar-refractivity contribution in [2.24, 2.45) is 11.8 Å². The van der Waals surface area contributed by atoms with E-state index in [0.717, 1.165) is 102 Å². The Bertz CT molecular complexity index is 1940. The van der Waals surface area contributed by atoms with Gasteiger partial charge < -0.3 is 33.8 Å². The first kappa shape index (κ1) is 99.1. The first-order valence-electron chi connectivity index (χ1n) is 42.5. The van der Waals surface area contributed by atoms with Crippen LogP contribution in [-0.4, -0.2) is 96.7 Å². The van der Waals surface area contributed by atoms with Crippen LogP contribution in [0.25, 0.3) is 0 Å². The predicted octanol–water partition coefficient (Wildman–Crippen LogP) is 24.7. The van der Waals surface area contributed by atoms with Gasteiger partial charge in [-0.15, -0.1) is 0 Å². The van der Waals surface area contributed by atoms with Crippen molar-refractivity contribution in [3.05, 3.63) is 0 Å². The zero-order valence-corrected chi connectivity index (χ0v) is 68.0. The molecule has 3 N–H and O–H groups in total. The Kier molecular flexibility index (Phi) is 72.2. The fourth-order valence-electron chi connectivity index (χ4n) is 12.7. The van der Waals surface area contributed by atoms with Gasteiger partial charge in [0.05, 0.1) is 26.4 Å². The Morgan fingerprint density at radius 2 is 0.505 bits per heavy atom. The Balaban J connectivity index is 5.27. The first-order valence-corrected chi connectivity index (χ1v) is 45.5. The highest BCUT2D eigenvalue weighted by molar-refractivity contribution is 7.47. The van der Waals surface area contributed by atoms with Gasteiger partial charge in [-0.25, -0.2) is 9.13 Å². The van der Waals surface area contributed by atoms with Crippen molar-refractivity contribution in [3.63, 3.8) is 0 Å². The minimum atomic E-state index is -4.96. The maximum Gasteiger partial charge on any atom is 0.472 e. The third-order valence-corrected chi connectivity index (χ3v) is 21.5. The second-order valence-corrected chi connectivity index (χ2v) is 33.1. The van der Waals surface area contributed by atoms with Gasteiger partial charge in [0, 0.05) is 25.7 Å². The molecule has 0 aromatic carbocycles. The van der Waals surface area contributed by atoms with Gasteiger partial charge in [0.1, 0.15) is 19.3 Å². The number of carbonyl (C=O) groups excluding carboxylic acids is 4. The molecule has 0 bridgehead atoms. The molecule has 0 aliphatic heterocycles. The average molecular weight is 1480 g/mol. The van der Waals surface area contributed by atoms with Gasteiger partial charge in [-0.05, 0) is 37.5 Å². The van der Waals surface area contributed by atoms with Crippen LogP contribution in [0.1, 0.15) is 433 Å². The van der Waals surface area contributed by atoms with Crippen LogP contribution in [0.2, 0.25) is 0 Å². The van der Waals surface area contributed by atoms with Gasteiger partial charge in [0.15, 0.2) is 12.2 Å². The molecule has 0 aliphatic rings. The van der Waals surface area contributed by atoms with Crippen molar-refractivity contribution < 1.29 is 80.2 Å². The molecule has 6 atom stereocenters. The number of phosphoric acid groups is 2. The van der Waals surface area contributed by atoms with E-state index in [4.69, 9.17) is 37.0 Å². The molecule has 19 heteroatoms. The van der Waals surface area contributed by atoms with Crippen LogP contribution in [0.5, 0.6) is 0 Å². The molecule has 0 aromatic rings. The lowest BCUT2D eigenvalue weighted by Gasteiger charge is -2.21. The number of carbonyl (C=O) groups is 4. The van der Waals surface area contributed by atoms with Gasteiger partial charge in [-0.3, -0.25) is 37.3 Å². The first-order chi connectivity index (χ1) is 48.9. The maximum absolute atomic E-state index is 13.1. The molecule has 0 spiro atoms. The molecule has 3 unspecified atom stereocenters. The molecule has 101 heavy (non-hydrogen) atoms. The summed E-state index contributed by atoms with van der Waals surface area (Å²) in [6, 6.07) is 0. The van der Waals surface area contributed by atoms with Gasteiger partial charge in [0.2, 0.25) is 0 Å². The van der Waals surface area contributed by atoms with Crippen molar-refractivity contribution in [3.8, 4) is 0 Å². The lowest BCUT2D eigenvalue weighted by molar-refractivity contribution is -0.161. The lowest BCUT2D eigenvalue weighted by atomic mass is 9.99. The Morgan fingerprint density at radius 3 is 0.752 bits per heavy atom. The molecule has 0 aliphatic carbocycles. The Morgan fingerprint density at radius 1 is 0.287 bits per heavy atom. The van der Waals surface area contributed by atoms with Crippen LogP contribution in [0.4, 0.5) is 0 Å².